The van der Waals surface area contributed by atoms with E-state index in [1.54, 1.807) is 18.2 Å². The lowest BCUT2D eigenvalue weighted by molar-refractivity contribution is 0.0948. The van der Waals surface area contributed by atoms with Gasteiger partial charge in [-0.15, -0.1) is 0 Å². The van der Waals surface area contributed by atoms with Crippen molar-refractivity contribution in [3.8, 4) is 5.75 Å². The molecule has 0 fully saturated rings. The van der Waals surface area contributed by atoms with Gasteiger partial charge in [0.1, 0.15) is 17.4 Å². The van der Waals surface area contributed by atoms with E-state index in [2.05, 4.69) is 21.2 Å². The predicted octanol–water partition coefficient (Wildman–Crippen LogP) is 4.32. The number of amides is 1. The molecular formula is C17H16BrF2NO2. The summed E-state index contributed by atoms with van der Waals surface area (Å²) in [6, 6.07) is 10.0. The molecule has 3 nitrogen and oxygen atoms in total. The van der Waals surface area contributed by atoms with E-state index in [-0.39, 0.29) is 11.4 Å². The molecule has 0 spiro atoms. The van der Waals surface area contributed by atoms with E-state index in [9.17, 15) is 13.6 Å². The molecule has 0 unspecified atom stereocenters. The summed E-state index contributed by atoms with van der Waals surface area (Å²) in [6.07, 6.45) is 1.42. The van der Waals surface area contributed by atoms with E-state index in [1.807, 2.05) is 0 Å². The molecule has 2 aromatic carbocycles. The molecule has 1 amide bonds. The molecule has 0 aromatic heterocycles. The Labute approximate surface area is 141 Å². The fourth-order valence-electron chi connectivity index (χ4n) is 1.92. The summed E-state index contributed by atoms with van der Waals surface area (Å²) < 4.78 is 32.3. The molecule has 0 bridgehead atoms. The maximum atomic E-state index is 13.5. The van der Waals surface area contributed by atoms with Crippen LogP contribution in [0.25, 0.3) is 0 Å². The van der Waals surface area contributed by atoms with Crippen LogP contribution in [0.3, 0.4) is 0 Å². The highest BCUT2D eigenvalue weighted by atomic mass is 79.9. The maximum Gasteiger partial charge on any atom is 0.254 e. The van der Waals surface area contributed by atoms with Crippen molar-refractivity contribution in [2.24, 2.45) is 0 Å². The van der Waals surface area contributed by atoms with Crippen molar-refractivity contribution in [1.29, 1.82) is 0 Å². The highest BCUT2D eigenvalue weighted by molar-refractivity contribution is 9.10. The first-order valence-electron chi connectivity index (χ1n) is 7.18. The summed E-state index contributed by atoms with van der Waals surface area (Å²) in [4.78, 5) is 11.9. The Morgan fingerprint density at radius 1 is 1.09 bits per heavy atom. The van der Waals surface area contributed by atoms with Crippen molar-refractivity contribution in [2.45, 2.75) is 12.8 Å². The number of hydrogen-bond donors (Lipinski definition) is 1. The zero-order chi connectivity index (χ0) is 16.7. The molecule has 1 N–H and O–H groups in total. The summed E-state index contributed by atoms with van der Waals surface area (Å²) in [5.41, 5.74) is 0.0157. The van der Waals surface area contributed by atoms with Crippen LogP contribution in [0, 0.1) is 11.6 Å². The van der Waals surface area contributed by atoms with Crippen LogP contribution < -0.4 is 10.1 Å². The fourth-order valence-corrected chi connectivity index (χ4v) is 2.28. The number of nitrogens with one attached hydrogen (secondary N) is 1. The Morgan fingerprint density at radius 3 is 2.57 bits per heavy atom. The minimum Gasteiger partial charge on any atom is -0.494 e. The number of unbranched alkanes of at least 4 members (excludes halogenated alkanes) is 1. The molecule has 0 aliphatic rings. The first kappa shape index (κ1) is 17.4. The van der Waals surface area contributed by atoms with Gasteiger partial charge in [0.2, 0.25) is 0 Å². The third-order valence-corrected chi connectivity index (χ3v) is 3.61. The van der Waals surface area contributed by atoms with E-state index >= 15 is 0 Å². The van der Waals surface area contributed by atoms with Crippen LogP contribution >= 0.6 is 15.9 Å². The molecule has 23 heavy (non-hydrogen) atoms. The van der Waals surface area contributed by atoms with Gasteiger partial charge in [0.05, 0.1) is 12.2 Å². The van der Waals surface area contributed by atoms with Crippen molar-refractivity contribution in [2.75, 3.05) is 13.2 Å². The van der Waals surface area contributed by atoms with E-state index in [1.165, 1.54) is 24.3 Å². The molecule has 0 heterocycles. The topological polar surface area (TPSA) is 38.3 Å². The molecule has 0 atom stereocenters. The lowest BCUT2D eigenvalue weighted by Gasteiger charge is -2.08. The molecule has 0 saturated carbocycles. The Balaban J connectivity index is 1.66. The third kappa shape index (κ3) is 5.63. The average molecular weight is 384 g/mol. The lowest BCUT2D eigenvalue weighted by atomic mass is 10.2. The van der Waals surface area contributed by atoms with Gasteiger partial charge >= 0.3 is 0 Å². The van der Waals surface area contributed by atoms with Crippen LogP contribution in [0.4, 0.5) is 8.78 Å². The minimum absolute atomic E-state index is 0.0157. The standard InChI is InChI=1S/C17H16BrF2NO2/c18-12-3-8-16(20)15(11-12)17(22)21-9-1-2-10-23-14-6-4-13(19)5-7-14/h3-8,11H,1-2,9-10H2,(H,21,22). The summed E-state index contributed by atoms with van der Waals surface area (Å²) in [5.74, 6) is -0.694. The normalized spacial score (nSPS) is 10.4. The van der Waals surface area contributed by atoms with Gasteiger partial charge in [0.15, 0.2) is 0 Å². The highest BCUT2D eigenvalue weighted by Crippen LogP contribution is 2.15. The fraction of sp³-hybridized carbons (Fsp3) is 0.235. The number of carbonyl (C=O) groups excluding carboxylic acids is 1. The largest absolute Gasteiger partial charge is 0.494 e. The SMILES string of the molecule is O=C(NCCCCOc1ccc(F)cc1)c1cc(Br)ccc1F. The zero-order valence-corrected chi connectivity index (χ0v) is 13.9. The third-order valence-electron chi connectivity index (χ3n) is 3.11. The van der Waals surface area contributed by atoms with Gasteiger partial charge in [-0.2, -0.15) is 0 Å². The smallest absolute Gasteiger partial charge is 0.254 e. The Morgan fingerprint density at radius 2 is 1.83 bits per heavy atom. The minimum atomic E-state index is -0.551. The molecule has 6 heteroatoms. The number of rotatable bonds is 7. The van der Waals surface area contributed by atoms with E-state index in [0.717, 1.165) is 6.42 Å². The zero-order valence-electron chi connectivity index (χ0n) is 12.3. The second-order valence-corrected chi connectivity index (χ2v) is 5.81. The van der Waals surface area contributed by atoms with Gasteiger partial charge in [-0.1, -0.05) is 15.9 Å². The quantitative estimate of drug-likeness (QED) is 0.723. The first-order valence-corrected chi connectivity index (χ1v) is 7.97. The van der Waals surface area contributed by atoms with Gasteiger partial charge < -0.3 is 10.1 Å². The van der Waals surface area contributed by atoms with Crippen molar-refractivity contribution in [1.82, 2.24) is 5.32 Å². The van der Waals surface area contributed by atoms with Crippen molar-refractivity contribution in [3.05, 3.63) is 64.1 Å². The molecule has 0 aliphatic carbocycles. The Kier molecular flexibility index (Phi) is 6.52. The van der Waals surface area contributed by atoms with E-state index in [4.69, 9.17) is 4.74 Å². The lowest BCUT2D eigenvalue weighted by Crippen LogP contribution is -2.25. The first-order chi connectivity index (χ1) is 11.1. The van der Waals surface area contributed by atoms with Crippen molar-refractivity contribution >= 4 is 21.8 Å². The van der Waals surface area contributed by atoms with Crippen LogP contribution in [0.15, 0.2) is 46.9 Å². The van der Waals surface area contributed by atoms with Gasteiger partial charge in [-0.05, 0) is 55.3 Å². The Hall–Kier alpha value is -1.95. The highest BCUT2D eigenvalue weighted by Gasteiger charge is 2.11. The van der Waals surface area contributed by atoms with Crippen LogP contribution in [-0.2, 0) is 0 Å². The summed E-state index contributed by atoms with van der Waals surface area (Å²) in [5, 5.41) is 2.67. The van der Waals surface area contributed by atoms with Gasteiger partial charge in [0.25, 0.3) is 5.91 Å². The van der Waals surface area contributed by atoms with Crippen molar-refractivity contribution < 1.29 is 18.3 Å². The molecule has 0 saturated heterocycles. The Bertz CT molecular complexity index is 662. The summed E-state index contributed by atoms with van der Waals surface area (Å²) >= 11 is 3.21. The van der Waals surface area contributed by atoms with Gasteiger partial charge in [-0.3, -0.25) is 4.79 Å². The van der Waals surface area contributed by atoms with Crippen LogP contribution in [-0.4, -0.2) is 19.1 Å². The average Bonchev–Trinajstić information content (AvgIpc) is 2.54. The van der Waals surface area contributed by atoms with Crippen molar-refractivity contribution in [3.63, 3.8) is 0 Å². The van der Waals surface area contributed by atoms with Gasteiger partial charge in [-0.25, -0.2) is 8.78 Å². The number of carbonyl (C=O) groups is 1. The van der Waals surface area contributed by atoms with E-state index in [0.29, 0.717) is 29.8 Å². The molecule has 0 aliphatic heterocycles. The van der Waals surface area contributed by atoms with Gasteiger partial charge in [0, 0.05) is 11.0 Å². The second kappa shape index (κ2) is 8.62. The maximum absolute atomic E-state index is 13.5. The monoisotopic (exact) mass is 383 g/mol. The second-order valence-electron chi connectivity index (χ2n) is 4.89. The number of hydrogen-bond acceptors (Lipinski definition) is 2. The molecule has 0 radical (unpaired) electrons. The van der Waals surface area contributed by atoms with Crippen LogP contribution in [0.5, 0.6) is 5.75 Å². The predicted molar refractivity (Wildman–Crippen MR) is 87.6 cm³/mol. The number of halogens is 3. The molecular weight excluding hydrogens is 368 g/mol. The van der Waals surface area contributed by atoms with Crippen LogP contribution in [0.2, 0.25) is 0 Å². The molecule has 2 rings (SSSR count). The van der Waals surface area contributed by atoms with E-state index < -0.39 is 11.7 Å². The summed E-state index contributed by atoms with van der Waals surface area (Å²) in [7, 11) is 0. The molecule has 122 valence electrons. The van der Waals surface area contributed by atoms with Crippen LogP contribution in [0.1, 0.15) is 23.2 Å². The number of benzene rings is 2. The number of ether oxygens (including phenoxy) is 1. The molecule has 2 aromatic rings. The summed E-state index contributed by atoms with van der Waals surface area (Å²) in [6.45, 7) is 0.893.